The third-order valence-electron chi connectivity index (χ3n) is 4.74. The van der Waals surface area contributed by atoms with Crippen molar-refractivity contribution in [3.05, 3.63) is 58.3 Å². The molecule has 26 heavy (non-hydrogen) atoms. The number of hydrogen-bond donors (Lipinski definition) is 0. The fourth-order valence-electron chi connectivity index (χ4n) is 3.12. The summed E-state index contributed by atoms with van der Waals surface area (Å²) in [6.45, 7) is 4.40. The van der Waals surface area contributed by atoms with E-state index in [4.69, 9.17) is 0 Å². The molecular weight excluding hydrogens is 346 g/mol. The summed E-state index contributed by atoms with van der Waals surface area (Å²) >= 11 is 1.40. The number of amides is 2. The van der Waals surface area contributed by atoms with Gasteiger partial charge in [0, 0.05) is 39.8 Å². The molecule has 1 fully saturated rings. The Morgan fingerprint density at radius 3 is 2.42 bits per heavy atom. The van der Waals surface area contributed by atoms with Gasteiger partial charge in [0.1, 0.15) is 0 Å². The first kappa shape index (κ1) is 18.6. The monoisotopic (exact) mass is 371 g/mol. The second-order valence-electron chi connectivity index (χ2n) is 6.60. The third kappa shape index (κ3) is 4.93. The van der Waals surface area contributed by atoms with Crippen molar-refractivity contribution >= 4 is 23.2 Å². The van der Waals surface area contributed by atoms with Crippen molar-refractivity contribution in [2.75, 3.05) is 46.3 Å². The molecule has 2 aromatic rings. The van der Waals surface area contributed by atoms with Gasteiger partial charge in [-0.25, -0.2) is 0 Å². The van der Waals surface area contributed by atoms with E-state index in [2.05, 4.69) is 29.2 Å². The number of carbonyl (C=O) groups excluding carboxylic acids is 2. The van der Waals surface area contributed by atoms with E-state index in [0.29, 0.717) is 4.88 Å². The van der Waals surface area contributed by atoms with Crippen LogP contribution in [0.15, 0.2) is 47.8 Å². The summed E-state index contributed by atoms with van der Waals surface area (Å²) in [5.41, 5.74) is 1.35. The zero-order valence-corrected chi connectivity index (χ0v) is 16.0. The molecule has 138 valence electrons. The Balaban J connectivity index is 1.41. The minimum Gasteiger partial charge on any atom is -0.339 e. The Labute approximate surface area is 158 Å². The predicted molar refractivity (Wildman–Crippen MR) is 104 cm³/mol. The van der Waals surface area contributed by atoms with Crippen molar-refractivity contribution in [3.63, 3.8) is 0 Å². The second-order valence-corrected chi connectivity index (χ2v) is 7.54. The molecule has 1 saturated heterocycles. The molecule has 1 aliphatic heterocycles. The molecule has 0 radical (unpaired) electrons. The van der Waals surface area contributed by atoms with Crippen LogP contribution in [0, 0.1) is 0 Å². The van der Waals surface area contributed by atoms with Crippen LogP contribution in [0.5, 0.6) is 0 Å². The fourth-order valence-corrected chi connectivity index (χ4v) is 3.83. The number of piperazine rings is 1. The lowest BCUT2D eigenvalue weighted by Crippen LogP contribution is -2.51. The first-order chi connectivity index (χ1) is 12.6. The average molecular weight is 372 g/mol. The molecule has 0 bridgehead atoms. The number of nitrogens with zero attached hydrogens (tertiary/aromatic N) is 3. The highest BCUT2D eigenvalue weighted by molar-refractivity contribution is 7.12. The summed E-state index contributed by atoms with van der Waals surface area (Å²) in [4.78, 5) is 31.2. The number of benzene rings is 1. The normalized spacial score (nSPS) is 15.0. The molecule has 0 saturated carbocycles. The maximum Gasteiger partial charge on any atom is 0.264 e. The quantitative estimate of drug-likeness (QED) is 0.782. The second kappa shape index (κ2) is 8.96. The summed E-state index contributed by atoms with van der Waals surface area (Å²) in [7, 11) is 1.69. The molecule has 0 unspecified atom stereocenters. The van der Waals surface area contributed by atoms with Crippen LogP contribution in [0.1, 0.15) is 15.2 Å². The van der Waals surface area contributed by atoms with Crippen LogP contribution in [0.4, 0.5) is 0 Å². The van der Waals surface area contributed by atoms with E-state index in [9.17, 15) is 9.59 Å². The molecule has 6 heteroatoms. The smallest absolute Gasteiger partial charge is 0.264 e. The van der Waals surface area contributed by atoms with E-state index in [-0.39, 0.29) is 18.4 Å². The van der Waals surface area contributed by atoms with Gasteiger partial charge in [0.2, 0.25) is 5.91 Å². The number of thiophene rings is 1. The van der Waals surface area contributed by atoms with Crippen molar-refractivity contribution in [1.82, 2.24) is 14.7 Å². The van der Waals surface area contributed by atoms with Gasteiger partial charge in [0.15, 0.2) is 0 Å². The van der Waals surface area contributed by atoms with Crippen LogP contribution in [-0.4, -0.2) is 72.8 Å². The van der Waals surface area contributed by atoms with E-state index in [1.54, 1.807) is 13.1 Å². The fraction of sp³-hybridized carbons (Fsp3) is 0.400. The Hall–Kier alpha value is -2.18. The summed E-state index contributed by atoms with van der Waals surface area (Å²) in [6.07, 6.45) is 1.03. The molecule has 0 N–H and O–H groups in total. The highest BCUT2D eigenvalue weighted by atomic mass is 32.1. The Morgan fingerprint density at radius 2 is 1.77 bits per heavy atom. The van der Waals surface area contributed by atoms with E-state index >= 15 is 0 Å². The van der Waals surface area contributed by atoms with Gasteiger partial charge in [0.25, 0.3) is 5.91 Å². The summed E-state index contributed by atoms with van der Waals surface area (Å²) in [6, 6.07) is 14.1. The van der Waals surface area contributed by atoms with Crippen LogP contribution < -0.4 is 0 Å². The summed E-state index contributed by atoms with van der Waals surface area (Å²) < 4.78 is 0. The Kier molecular flexibility index (Phi) is 6.41. The van der Waals surface area contributed by atoms with Crippen molar-refractivity contribution in [3.8, 4) is 0 Å². The molecule has 1 aromatic carbocycles. The highest BCUT2D eigenvalue weighted by Gasteiger charge is 2.23. The molecule has 0 spiro atoms. The van der Waals surface area contributed by atoms with Gasteiger partial charge in [-0.2, -0.15) is 0 Å². The van der Waals surface area contributed by atoms with Crippen molar-refractivity contribution in [1.29, 1.82) is 0 Å². The molecule has 0 aliphatic carbocycles. The highest BCUT2D eigenvalue weighted by Crippen LogP contribution is 2.12. The molecule has 0 atom stereocenters. The maximum absolute atomic E-state index is 12.5. The van der Waals surface area contributed by atoms with Gasteiger partial charge in [-0.1, -0.05) is 36.4 Å². The summed E-state index contributed by atoms with van der Waals surface area (Å²) in [5, 5.41) is 1.87. The SMILES string of the molecule is CN(CC(=O)N1CCN(CCc2ccccc2)CC1)C(=O)c1cccs1. The third-order valence-corrected chi connectivity index (χ3v) is 5.59. The van der Waals surface area contributed by atoms with E-state index < -0.39 is 0 Å². The minimum absolute atomic E-state index is 0.0279. The first-order valence-electron chi connectivity index (χ1n) is 8.96. The lowest BCUT2D eigenvalue weighted by molar-refractivity contribution is -0.133. The van der Waals surface area contributed by atoms with Crippen LogP contribution in [0.2, 0.25) is 0 Å². The number of rotatable bonds is 6. The molecular formula is C20H25N3O2S. The molecule has 1 aromatic heterocycles. The lowest BCUT2D eigenvalue weighted by Gasteiger charge is -2.35. The van der Waals surface area contributed by atoms with Gasteiger partial charge in [-0.3, -0.25) is 14.5 Å². The van der Waals surface area contributed by atoms with Crippen LogP contribution in [0.3, 0.4) is 0 Å². The average Bonchev–Trinajstić information content (AvgIpc) is 3.21. The predicted octanol–water partition coefficient (Wildman–Crippen LogP) is 2.21. The molecule has 3 rings (SSSR count). The Bertz CT molecular complexity index is 710. The number of carbonyl (C=O) groups is 2. The number of hydrogen-bond acceptors (Lipinski definition) is 4. The summed E-state index contributed by atoms with van der Waals surface area (Å²) in [5.74, 6) is -0.0602. The number of likely N-dealkylation sites (N-methyl/N-ethyl adjacent to an activating group) is 1. The van der Waals surface area contributed by atoms with E-state index in [1.807, 2.05) is 22.4 Å². The van der Waals surface area contributed by atoms with Crippen molar-refractivity contribution in [2.24, 2.45) is 0 Å². The Morgan fingerprint density at radius 1 is 1.04 bits per heavy atom. The van der Waals surface area contributed by atoms with Gasteiger partial charge in [-0.05, 0) is 23.4 Å². The van der Waals surface area contributed by atoms with E-state index in [1.165, 1.54) is 21.8 Å². The van der Waals surface area contributed by atoms with Crippen LogP contribution >= 0.6 is 11.3 Å². The van der Waals surface area contributed by atoms with Crippen molar-refractivity contribution in [2.45, 2.75) is 6.42 Å². The zero-order valence-electron chi connectivity index (χ0n) is 15.1. The molecule has 2 heterocycles. The van der Waals surface area contributed by atoms with E-state index in [0.717, 1.165) is 39.1 Å². The molecule has 1 aliphatic rings. The first-order valence-corrected chi connectivity index (χ1v) is 9.84. The molecule has 2 amide bonds. The molecule has 5 nitrogen and oxygen atoms in total. The van der Waals surface area contributed by atoms with Crippen LogP contribution in [0.25, 0.3) is 0 Å². The van der Waals surface area contributed by atoms with Crippen molar-refractivity contribution < 1.29 is 9.59 Å². The van der Waals surface area contributed by atoms with Gasteiger partial charge >= 0.3 is 0 Å². The van der Waals surface area contributed by atoms with Crippen LogP contribution in [-0.2, 0) is 11.2 Å². The topological polar surface area (TPSA) is 43.9 Å². The lowest BCUT2D eigenvalue weighted by atomic mass is 10.1. The van der Waals surface area contributed by atoms with Gasteiger partial charge < -0.3 is 9.80 Å². The standard InChI is InChI=1S/C20H25N3O2S/c1-21(20(25)18-8-5-15-26-18)16-19(24)23-13-11-22(12-14-23)10-9-17-6-3-2-4-7-17/h2-8,15H,9-14,16H2,1H3. The minimum atomic E-state index is -0.0881. The van der Waals surface area contributed by atoms with Gasteiger partial charge in [-0.15, -0.1) is 11.3 Å². The zero-order chi connectivity index (χ0) is 18.4. The van der Waals surface area contributed by atoms with Gasteiger partial charge in [0.05, 0.1) is 11.4 Å². The largest absolute Gasteiger partial charge is 0.339 e. The maximum atomic E-state index is 12.5.